The number of carbonyl (C=O) groups excluding carboxylic acids is 1. The van der Waals surface area contributed by atoms with Gasteiger partial charge >= 0.3 is 5.97 Å². The van der Waals surface area contributed by atoms with Crippen LogP contribution in [-0.4, -0.2) is 18.4 Å². The Hall–Kier alpha value is -1.65. The standard InChI is InChI=1S/C12H15F2NO2/c1-3-12(13,14)8-15-10-4-6-11(7-5-10)17-9(2)16/h4-7,15H,3,8H2,1-2H3. The molecule has 0 atom stereocenters. The Morgan fingerprint density at radius 1 is 1.35 bits per heavy atom. The Kier molecular flexibility index (Phi) is 4.43. The predicted octanol–water partition coefficient (Wildman–Crippen LogP) is 3.07. The molecule has 17 heavy (non-hydrogen) atoms. The van der Waals surface area contributed by atoms with Crippen LogP contribution < -0.4 is 10.1 Å². The third kappa shape index (κ3) is 4.80. The average molecular weight is 243 g/mol. The van der Waals surface area contributed by atoms with Crippen LogP contribution in [0.2, 0.25) is 0 Å². The Bertz CT molecular complexity index is 377. The summed E-state index contributed by atoms with van der Waals surface area (Å²) >= 11 is 0. The molecule has 5 heteroatoms. The number of rotatable bonds is 5. The summed E-state index contributed by atoms with van der Waals surface area (Å²) in [5.74, 6) is -2.73. The van der Waals surface area contributed by atoms with Crippen molar-refractivity contribution in [1.29, 1.82) is 0 Å². The van der Waals surface area contributed by atoms with Crippen molar-refractivity contribution >= 4 is 11.7 Å². The second kappa shape index (κ2) is 5.61. The number of halogens is 2. The molecular weight excluding hydrogens is 228 g/mol. The summed E-state index contributed by atoms with van der Waals surface area (Å²) in [6.45, 7) is 2.33. The molecule has 0 saturated carbocycles. The monoisotopic (exact) mass is 243 g/mol. The summed E-state index contributed by atoms with van der Waals surface area (Å²) in [5, 5.41) is 2.63. The van der Waals surface area contributed by atoms with Gasteiger partial charge in [0.25, 0.3) is 5.92 Å². The van der Waals surface area contributed by atoms with Crippen molar-refractivity contribution in [2.75, 3.05) is 11.9 Å². The summed E-state index contributed by atoms with van der Waals surface area (Å²) in [5.41, 5.74) is 0.564. The number of alkyl halides is 2. The number of carbonyl (C=O) groups is 1. The Balaban J connectivity index is 2.54. The first-order valence-electron chi connectivity index (χ1n) is 5.33. The van der Waals surface area contributed by atoms with Crippen molar-refractivity contribution in [2.24, 2.45) is 0 Å². The molecule has 0 aromatic heterocycles. The van der Waals surface area contributed by atoms with Gasteiger partial charge in [0.15, 0.2) is 0 Å². The van der Waals surface area contributed by atoms with E-state index in [1.54, 1.807) is 24.3 Å². The van der Waals surface area contributed by atoms with Crippen LogP contribution in [0.1, 0.15) is 20.3 Å². The average Bonchev–Trinajstić information content (AvgIpc) is 2.28. The van der Waals surface area contributed by atoms with Crippen LogP contribution in [0.25, 0.3) is 0 Å². The van der Waals surface area contributed by atoms with Crippen molar-refractivity contribution in [1.82, 2.24) is 0 Å². The van der Waals surface area contributed by atoms with E-state index in [4.69, 9.17) is 4.74 Å². The Labute approximate surface area is 98.8 Å². The fourth-order valence-corrected chi connectivity index (χ4v) is 1.16. The first-order chi connectivity index (χ1) is 7.93. The van der Waals surface area contributed by atoms with E-state index < -0.39 is 18.4 Å². The Morgan fingerprint density at radius 2 is 1.94 bits per heavy atom. The van der Waals surface area contributed by atoms with Crippen LogP contribution in [0.3, 0.4) is 0 Å². The lowest BCUT2D eigenvalue weighted by Crippen LogP contribution is -2.25. The van der Waals surface area contributed by atoms with Crippen molar-refractivity contribution in [2.45, 2.75) is 26.2 Å². The van der Waals surface area contributed by atoms with E-state index in [2.05, 4.69) is 5.32 Å². The third-order valence-electron chi connectivity index (χ3n) is 2.18. The molecule has 0 bridgehead atoms. The minimum absolute atomic E-state index is 0.203. The lowest BCUT2D eigenvalue weighted by molar-refractivity contribution is -0.131. The highest BCUT2D eigenvalue weighted by Crippen LogP contribution is 2.20. The summed E-state index contributed by atoms with van der Waals surface area (Å²) in [7, 11) is 0. The summed E-state index contributed by atoms with van der Waals surface area (Å²) < 4.78 is 30.7. The highest BCUT2D eigenvalue weighted by molar-refractivity contribution is 5.69. The first-order valence-corrected chi connectivity index (χ1v) is 5.33. The number of hydrogen-bond donors (Lipinski definition) is 1. The molecule has 1 rings (SSSR count). The lowest BCUT2D eigenvalue weighted by atomic mass is 10.2. The molecule has 0 amide bonds. The SMILES string of the molecule is CCC(F)(F)CNc1ccc(OC(C)=O)cc1. The molecule has 1 aromatic carbocycles. The van der Waals surface area contributed by atoms with Crippen LogP contribution in [0.4, 0.5) is 14.5 Å². The lowest BCUT2D eigenvalue weighted by Gasteiger charge is -2.15. The third-order valence-corrected chi connectivity index (χ3v) is 2.18. The Morgan fingerprint density at radius 3 is 2.41 bits per heavy atom. The number of anilines is 1. The maximum absolute atomic E-state index is 13.0. The van der Waals surface area contributed by atoms with Gasteiger partial charge in [0.2, 0.25) is 0 Å². The molecule has 0 aliphatic heterocycles. The minimum Gasteiger partial charge on any atom is -0.427 e. The minimum atomic E-state index is -2.71. The molecule has 1 aromatic rings. The number of benzene rings is 1. The van der Waals surface area contributed by atoms with Crippen molar-refractivity contribution in [3.63, 3.8) is 0 Å². The molecule has 0 spiro atoms. The van der Waals surface area contributed by atoms with Gasteiger partial charge in [-0.3, -0.25) is 4.79 Å². The maximum atomic E-state index is 13.0. The highest BCUT2D eigenvalue weighted by Gasteiger charge is 2.25. The number of ether oxygens (including phenoxy) is 1. The highest BCUT2D eigenvalue weighted by atomic mass is 19.3. The first kappa shape index (κ1) is 13.4. The van der Waals surface area contributed by atoms with Crippen molar-refractivity contribution < 1.29 is 18.3 Å². The zero-order chi connectivity index (χ0) is 12.9. The van der Waals surface area contributed by atoms with Crippen LogP contribution >= 0.6 is 0 Å². The quantitative estimate of drug-likeness (QED) is 0.638. The summed E-state index contributed by atoms with van der Waals surface area (Å²) in [6, 6.07) is 6.27. The molecule has 0 radical (unpaired) electrons. The molecule has 0 aliphatic rings. The van der Waals surface area contributed by atoms with Crippen LogP contribution in [0.15, 0.2) is 24.3 Å². The van der Waals surface area contributed by atoms with Crippen molar-refractivity contribution in [3.8, 4) is 5.75 Å². The smallest absolute Gasteiger partial charge is 0.308 e. The van der Waals surface area contributed by atoms with E-state index >= 15 is 0 Å². The van der Waals surface area contributed by atoms with Crippen LogP contribution in [0, 0.1) is 0 Å². The fraction of sp³-hybridized carbons (Fsp3) is 0.417. The van der Waals surface area contributed by atoms with E-state index in [-0.39, 0.29) is 6.42 Å². The second-order valence-corrected chi connectivity index (χ2v) is 3.68. The van der Waals surface area contributed by atoms with Gasteiger partial charge in [-0.1, -0.05) is 6.92 Å². The van der Waals surface area contributed by atoms with Gasteiger partial charge < -0.3 is 10.1 Å². The molecule has 0 heterocycles. The molecule has 0 fully saturated rings. The molecule has 0 saturated heterocycles. The van der Waals surface area contributed by atoms with Gasteiger partial charge in [-0.05, 0) is 24.3 Å². The van der Waals surface area contributed by atoms with E-state index in [9.17, 15) is 13.6 Å². The number of nitrogens with one attached hydrogen (secondary N) is 1. The van der Waals surface area contributed by atoms with Gasteiger partial charge in [0.05, 0.1) is 6.54 Å². The zero-order valence-electron chi connectivity index (χ0n) is 9.80. The summed E-state index contributed by atoms with van der Waals surface area (Å²) in [6.07, 6.45) is -0.203. The maximum Gasteiger partial charge on any atom is 0.308 e. The van der Waals surface area contributed by atoms with E-state index in [0.717, 1.165) is 0 Å². The second-order valence-electron chi connectivity index (χ2n) is 3.68. The molecule has 1 N–H and O–H groups in total. The largest absolute Gasteiger partial charge is 0.427 e. The van der Waals surface area contributed by atoms with Gasteiger partial charge in [0.1, 0.15) is 5.75 Å². The molecule has 94 valence electrons. The van der Waals surface area contributed by atoms with Crippen molar-refractivity contribution in [3.05, 3.63) is 24.3 Å². The van der Waals surface area contributed by atoms with Gasteiger partial charge in [0, 0.05) is 19.0 Å². The molecular formula is C12H15F2NO2. The van der Waals surface area contributed by atoms with E-state index in [1.807, 2.05) is 0 Å². The zero-order valence-corrected chi connectivity index (χ0v) is 9.80. The normalized spacial score (nSPS) is 11.1. The van der Waals surface area contributed by atoms with E-state index in [1.165, 1.54) is 13.8 Å². The number of esters is 1. The van der Waals surface area contributed by atoms with Gasteiger partial charge in [-0.15, -0.1) is 0 Å². The number of hydrogen-bond acceptors (Lipinski definition) is 3. The fourth-order valence-electron chi connectivity index (χ4n) is 1.16. The molecule has 0 aliphatic carbocycles. The van der Waals surface area contributed by atoms with Crippen LogP contribution in [-0.2, 0) is 4.79 Å². The van der Waals surface area contributed by atoms with Gasteiger partial charge in [-0.25, -0.2) is 8.78 Å². The predicted molar refractivity (Wildman–Crippen MR) is 61.5 cm³/mol. The summed E-state index contributed by atoms with van der Waals surface area (Å²) in [4.78, 5) is 10.7. The van der Waals surface area contributed by atoms with Gasteiger partial charge in [-0.2, -0.15) is 0 Å². The van der Waals surface area contributed by atoms with E-state index in [0.29, 0.717) is 11.4 Å². The molecule has 3 nitrogen and oxygen atoms in total. The topological polar surface area (TPSA) is 38.3 Å². The molecule has 0 unspecified atom stereocenters. The van der Waals surface area contributed by atoms with Crippen LogP contribution in [0.5, 0.6) is 5.75 Å².